The Bertz CT molecular complexity index is 488. The number of hydrogen-bond donors (Lipinski definition) is 3. The maximum Gasteiger partial charge on any atom is 0.317 e. The number of aromatic nitrogens is 2. The van der Waals surface area contributed by atoms with E-state index in [4.69, 9.17) is 0 Å². The topological polar surface area (TPSA) is 98.3 Å². The average molecular weight is 294 g/mol. The third kappa shape index (κ3) is 3.53. The highest BCUT2D eigenvalue weighted by atomic mass is 16.4. The molecule has 0 saturated carbocycles. The zero-order valence-electron chi connectivity index (χ0n) is 12.3. The van der Waals surface area contributed by atoms with E-state index in [9.17, 15) is 14.7 Å². The lowest BCUT2D eigenvalue weighted by molar-refractivity contribution is -0.148. The fourth-order valence-electron chi connectivity index (χ4n) is 2.85. The van der Waals surface area contributed by atoms with E-state index in [1.807, 2.05) is 6.92 Å². The maximum absolute atomic E-state index is 12.1. The number of H-pyrrole nitrogens is 1. The van der Waals surface area contributed by atoms with E-state index in [1.165, 1.54) is 0 Å². The summed E-state index contributed by atoms with van der Waals surface area (Å²) in [4.78, 5) is 32.1. The van der Waals surface area contributed by atoms with Crippen LogP contribution >= 0.6 is 0 Å². The number of nitrogens with one attached hydrogen (secondary N) is 2. The number of aliphatic carboxylic acids is 1. The van der Waals surface area contributed by atoms with E-state index in [0.717, 1.165) is 12.1 Å². The van der Waals surface area contributed by atoms with Gasteiger partial charge in [-0.3, -0.25) is 4.79 Å². The van der Waals surface area contributed by atoms with Crippen LogP contribution in [0.2, 0.25) is 0 Å². The molecule has 2 amide bonds. The number of carboxylic acids is 1. The molecule has 0 aliphatic carbocycles. The van der Waals surface area contributed by atoms with Gasteiger partial charge in [0.2, 0.25) is 0 Å². The first-order valence-electron chi connectivity index (χ1n) is 7.31. The van der Waals surface area contributed by atoms with Gasteiger partial charge in [0.1, 0.15) is 0 Å². The molecule has 1 unspecified atom stereocenters. The van der Waals surface area contributed by atoms with Crippen LogP contribution in [-0.2, 0) is 11.2 Å². The second-order valence-electron chi connectivity index (χ2n) is 5.57. The summed E-state index contributed by atoms with van der Waals surface area (Å²) in [6.45, 7) is 3.28. The minimum atomic E-state index is -0.794. The number of hydrogen-bond acceptors (Lipinski definition) is 3. The second kappa shape index (κ2) is 6.60. The van der Waals surface area contributed by atoms with Gasteiger partial charge in [0.05, 0.1) is 11.7 Å². The van der Waals surface area contributed by atoms with E-state index in [2.05, 4.69) is 15.3 Å². The molecular weight excluding hydrogens is 272 g/mol. The van der Waals surface area contributed by atoms with Crippen molar-refractivity contribution >= 4 is 12.0 Å². The minimum Gasteiger partial charge on any atom is -0.481 e. The molecule has 1 aromatic rings. The Labute approximate surface area is 123 Å². The van der Waals surface area contributed by atoms with Crippen LogP contribution in [0.25, 0.3) is 0 Å². The first-order valence-corrected chi connectivity index (χ1v) is 7.31. The lowest BCUT2D eigenvalue weighted by atomic mass is 9.83. The number of carbonyl (C=O) groups excluding carboxylic acids is 1. The largest absolute Gasteiger partial charge is 0.481 e. The molecule has 21 heavy (non-hydrogen) atoms. The van der Waals surface area contributed by atoms with Crippen LogP contribution in [-0.4, -0.2) is 51.6 Å². The Kier molecular flexibility index (Phi) is 4.82. The van der Waals surface area contributed by atoms with Gasteiger partial charge in [-0.05, 0) is 12.8 Å². The van der Waals surface area contributed by atoms with Gasteiger partial charge >= 0.3 is 12.0 Å². The van der Waals surface area contributed by atoms with Crippen molar-refractivity contribution in [3.63, 3.8) is 0 Å². The van der Waals surface area contributed by atoms with Gasteiger partial charge in [-0.15, -0.1) is 0 Å². The third-order valence-corrected chi connectivity index (χ3v) is 4.05. The first kappa shape index (κ1) is 15.3. The molecule has 2 rings (SSSR count). The van der Waals surface area contributed by atoms with Crippen LogP contribution in [0.3, 0.4) is 0 Å². The Hall–Kier alpha value is -2.05. The molecule has 2 heterocycles. The van der Waals surface area contributed by atoms with Crippen LogP contribution in [0.15, 0.2) is 12.5 Å². The van der Waals surface area contributed by atoms with Gasteiger partial charge in [0.25, 0.3) is 0 Å². The number of carbonyl (C=O) groups is 2. The lowest BCUT2D eigenvalue weighted by Gasteiger charge is -2.24. The van der Waals surface area contributed by atoms with Gasteiger partial charge in [0, 0.05) is 37.9 Å². The molecule has 1 aliphatic rings. The molecule has 116 valence electrons. The fourth-order valence-corrected chi connectivity index (χ4v) is 2.85. The van der Waals surface area contributed by atoms with E-state index >= 15 is 0 Å². The molecule has 0 aromatic carbocycles. The summed E-state index contributed by atoms with van der Waals surface area (Å²) >= 11 is 0. The molecule has 7 heteroatoms. The van der Waals surface area contributed by atoms with Crippen LogP contribution in [0.1, 0.15) is 31.9 Å². The van der Waals surface area contributed by atoms with Crippen molar-refractivity contribution in [3.05, 3.63) is 18.2 Å². The van der Waals surface area contributed by atoms with E-state index in [1.54, 1.807) is 17.4 Å². The summed E-state index contributed by atoms with van der Waals surface area (Å²) in [7, 11) is 0. The summed E-state index contributed by atoms with van der Waals surface area (Å²) in [6, 6.07) is -0.186. The Morgan fingerprint density at radius 3 is 3.00 bits per heavy atom. The molecule has 1 atom stereocenters. The Balaban J connectivity index is 1.82. The predicted octanol–water partition coefficient (Wildman–Crippen LogP) is 1.24. The van der Waals surface area contributed by atoms with Crippen molar-refractivity contribution in [2.24, 2.45) is 5.41 Å². The highest BCUT2D eigenvalue weighted by Gasteiger charge is 2.45. The molecule has 1 aromatic heterocycles. The summed E-state index contributed by atoms with van der Waals surface area (Å²) in [5, 5.41) is 12.3. The number of carboxylic acid groups (broad SMARTS) is 1. The number of imidazole rings is 1. The van der Waals surface area contributed by atoms with Crippen LogP contribution in [0.4, 0.5) is 4.79 Å². The first-order chi connectivity index (χ1) is 10.1. The molecule has 3 N–H and O–H groups in total. The summed E-state index contributed by atoms with van der Waals surface area (Å²) in [5.74, 6) is -0.794. The SMILES string of the molecule is CCCC1(C(=O)O)CCN(C(=O)NCCc2cnc[nH]2)C1. The molecule has 7 nitrogen and oxygen atoms in total. The van der Waals surface area contributed by atoms with Crippen molar-refractivity contribution in [2.45, 2.75) is 32.6 Å². The third-order valence-electron chi connectivity index (χ3n) is 4.05. The predicted molar refractivity (Wildman–Crippen MR) is 76.9 cm³/mol. The minimum absolute atomic E-state index is 0.186. The van der Waals surface area contributed by atoms with E-state index in [-0.39, 0.29) is 6.03 Å². The van der Waals surface area contributed by atoms with Crippen molar-refractivity contribution in [1.29, 1.82) is 0 Å². The monoisotopic (exact) mass is 294 g/mol. The molecule has 1 saturated heterocycles. The van der Waals surface area contributed by atoms with Gasteiger partial charge in [-0.2, -0.15) is 0 Å². The molecule has 0 spiro atoms. The molecule has 1 fully saturated rings. The molecule has 0 bridgehead atoms. The van der Waals surface area contributed by atoms with Crippen molar-refractivity contribution in [3.8, 4) is 0 Å². The zero-order chi connectivity index (χ0) is 15.3. The summed E-state index contributed by atoms with van der Waals surface area (Å²) in [5.41, 5.74) is 0.192. The van der Waals surface area contributed by atoms with Crippen LogP contribution in [0, 0.1) is 5.41 Å². The van der Waals surface area contributed by atoms with Crippen LogP contribution < -0.4 is 5.32 Å². The van der Waals surface area contributed by atoms with Gasteiger partial charge in [0.15, 0.2) is 0 Å². The quantitative estimate of drug-likeness (QED) is 0.735. The zero-order valence-corrected chi connectivity index (χ0v) is 12.3. The van der Waals surface area contributed by atoms with E-state index < -0.39 is 11.4 Å². The number of nitrogens with zero attached hydrogens (tertiary/aromatic N) is 2. The fraction of sp³-hybridized carbons (Fsp3) is 0.643. The average Bonchev–Trinajstić information content (AvgIpc) is 3.09. The van der Waals surface area contributed by atoms with E-state index in [0.29, 0.717) is 38.9 Å². The summed E-state index contributed by atoms with van der Waals surface area (Å²) in [6.07, 6.45) is 5.95. The van der Waals surface area contributed by atoms with Crippen LogP contribution in [0.5, 0.6) is 0 Å². The second-order valence-corrected chi connectivity index (χ2v) is 5.57. The van der Waals surface area contributed by atoms with Gasteiger partial charge in [-0.1, -0.05) is 13.3 Å². The highest BCUT2D eigenvalue weighted by Crippen LogP contribution is 2.35. The highest BCUT2D eigenvalue weighted by molar-refractivity contribution is 5.79. The normalized spacial score (nSPS) is 21.5. The Morgan fingerprint density at radius 1 is 1.57 bits per heavy atom. The summed E-state index contributed by atoms with van der Waals surface area (Å²) < 4.78 is 0. The molecular formula is C14H22N4O3. The standard InChI is InChI=1S/C14H22N4O3/c1-2-4-14(12(19)20)5-7-18(9-14)13(21)16-6-3-11-8-15-10-17-11/h8,10H,2-7,9H2,1H3,(H,15,17)(H,16,21)(H,19,20). The Morgan fingerprint density at radius 2 is 2.38 bits per heavy atom. The number of aromatic amines is 1. The number of amides is 2. The van der Waals surface area contributed by atoms with Crippen molar-refractivity contribution in [1.82, 2.24) is 20.2 Å². The number of likely N-dealkylation sites (tertiary alicyclic amines) is 1. The lowest BCUT2D eigenvalue weighted by Crippen LogP contribution is -2.42. The van der Waals surface area contributed by atoms with Gasteiger partial charge < -0.3 is 20.3 Å². The number of urea groups is 1. The smallest absolute Gasteiger partial charge is 0.317 e. The maximum atomic E-state index is 12.1. The van der Waals surface area contributed by atoms with Crippen molar-refractivity contribution < 1.29 is 14.7 Å². The molecule has 0 radical (unpaired) electrons. The molecule has 1 aliphatic heterocycles. The van der Waals surface area contributed by atoms with Gasteiger partial charge in [-0.25, -0.2) is 9.78 Å². The number of rotatable bonds is 6. The van der Waals surface area contributed by atoms with Crippen molar-refractivity contribution in [2.75, 3.05) is 19.6 Å².